The second kappa shape index (κ2) is 6.32. The van der Waals surface area contributed by atoms with Gasteiger partial charge in [0.05, 0.1) is 13.0 Å². The van der Waals surface area contributed by atoms with Crippen molar-refractivity contribution < 1.29 is 19.4 Å². The molecule has 1 heterocycles. The molecule has 0 fully saturated rings. The maximum absolute atomic E-state index is 12.3. The van der Waals surface area contributed by atoms with E-state index in [1.807, 2.05) is 24.3 Å². The van der Waals surface area contributed by atoms with Crippen LogP contribution in [0.5, 0.6) is 17.2 Å². The van der Waals surface area contributed by atoms with Gasteiger partial charge >= 0.3 is 0 Å². The van der Waals surface area contributed by atoms with Crippen molar-refractivity contribution in [2.75, 3.05) is 6.61 Å². The third kappa shape index (κ3) is 3.31. The number of ether oxygens (including phenoxy) is 2. The zero-order chi connectivity index (χ0) is 16.4. The van der Waals surface area contributed by atoms with Gasteiger partial charge in [-0.05, 0) is 35.7 Å². The Morgan fingerprint density at radius 1 is 1.22 bits per heavy atom. The number of Topliss-reactive ketones (excluding diaryl/α,β-unsaturated/α-hetero) is 1. The van der Waals surface area contributed by atoms with Gasteiger partial charge in [-0.3, -0.25) is 4.79 Å². The molecule has 2 aromatic rings. The predicted molar refractivity (Wildman–Crippen MR) is 87.2 cm³/mol. The summed E-state index contributed by atoms with van der Waals surface area (Å²) in [6.45, 7) is 4.87. The zero-order valence-corrected chi connectivity index (χ0v) is 13.3. The average molecular weight is 312 g/mol. The molecule has 0 spiro atoms. The Morgan fingerprint density at radius 3 is 2.65 bits per heavy atom. The van der Waals surface area contributed by atoms with E-state index >= 15 is 0 Å². The summed E-state index contributed by atoms with van der Waals surface area (Å²) in [5.41, 5.74) is 1.20. The topological polar surface area (TPSA) is 55.8 Å². The fraction of sp³-hybridized carbons (Fsp3) is 0.316. The maximum Gasteiger partial charge on any atom is 0.174 e. The first-order valence-corrected chi connectivity index (χ1v) is 7.79. The van der Waals surface area contributed by atoms with Crippen molar-refractivity contribution in [3.05, 3.63) is 53.6 Å². The van der Waals surface area contributed by atoms with Crippen LogP contribution < -0.4 is 9.47 Å². The van der Waals surface area contributed by atoms with Crippen LogP contribution in [0.4, 0.5) is 0 Å². The van der Waals surface area contributed by atoms with E-state index in [1.54, 1.807) is 12.1 Å². The standard InChI is InChI=1S/C19H20O4/c1-12(2)11-22-14-8-6-13(7-9-14)18-10-16(21)19-15(20)4-3-5-17(19)23-18/h3-9,12,18,20H,10-11H2,1-2H3. The van der Waals surface area contributed by atoms with E-state index in [1.165, 1.54) is 6.07 Å². The van der Waals surface area contributed by atoms with Gasteiger partial charge in [-0.2, -0.15) is 0 Å². The fourth-order valence-corrected chi connectivity index (χ4v) is 2.59. The monoisotopic (exact) mass is 312 g/mol. The van der Waals surface area contributed by atoms with Crippen LogP contribution in [0.15, 0.2) is 42.5 Å². The van der Waals surface area contributed by atoms with E-state index in [4.69, 9.17) is 9.47 Å². The first-order valence-electron chi connectivity index (χ1n) is 7.79. The van der Waals surface area contributed by atoms with Crippen LogP contribution in [0.3, 0.4) is 0 Å². The van der Waals surface area contributed by atoms with Gasteiger partial charge in [0.15, 0.2) is 5.78 Å². The van der Waals surface area contributed by atoms with Crippen molar-refractivity contribution in [2.45, 2.75) is 26.4 Å². The highest BCUT2D eigenvalue weighted by Gasteiger charge is 2.29. The molecule has 1 aliphatic heterocycles. The number of fused-ring (bicyclic) bond motifs is 1. The second-order valence-corrected chi connectivity index (χ2v) is 6.16. The summed E-state index contributed by atoms with van der Waals surface area (Å²) in [4.78, 5) is 12.3. The number of hydrogen-bond donors (Lipinski definition) is 1. The molecule has 0 radical (unpaired) electrons. The van der Waals surface area contributed by atoms with Crippen LogP contribution in [0.2, 0.25) is 0 Å². The summed E-state index contributed by atoms with van der Waals surface area (Å²) >= 11 is 0. The minimum atomic E-state index is -0.337. The van der Waals surface area contributed by atoms with E-state index in [0.29, 0.717) is 18.3 Å². The molecule has 3 rings (SSSR count). The number of benzene rings is 2. The highest BCUT2D eigenvalue weighted by Crippen LogP contribution is 2.39. The molecule has 120 valence electrons. The van der Waals surface area contributed by atoms with E-state index in [9.17, 15) is 9.90 Å². The smallest absolute Gasteiger partial charge is 0.174 e. The minimum absolute atomic E-state index is 0.0246. The summed E-state index contributed by atoms with van der Waals surface area (Å²) in [6, 6.07) is 12.5. The quantitative estimate of drug-likeness (QED) is 0.922. The van der Waals surface area contributed by atoms with Crippen molar-refractivity contribution in [1.82, 2.24) is 0 Å². The molecule has 4 nitrogen and oxygen atoms in total. The van der Waals surface area contributed by atoms with Crippen LogP contribution in [0, 0.1) is 5.92 Å². The molecule has 4 heteroatoms. The first-order chi connectivity index (χ1) is 11.0. The highest BCUT2D eigenvalue weighted by molar-refractivity contribution is 6.02. The Kier molecular flexibility index (Phi) is 4.24. The summed E-state index contributed by atoms with van der Waals surface area (Å²) in [5.74, 6) is 1.59. The van der Waals surface area contributed by atoms with Crippen molar-refractivity contribution in [3.63, 3.8) is 0 Å². The number of rotatable bonds is 4. The predicted octanol–water partition coefficient (Wildman–Crippen LogP) is 4.13. The van der Waals surface area contributed by atoms with Gasteiger partial charge in [0.1, 0.15) is 28.9 Å². The lowest BCUT2D eigenvalue weighted by Crippen LogP contribution is -2.20. The number of ketones is 1. The van der Waals surface area contributed by atoms with Gasteiger partial charge < -0.3 is 14.6 Å². The van der Waals surface area contributed by atoms with E-state index in [0.717, 1.165) is 11.3 Å². The molecule has 0 saturated carbocycles. The average Bonchev–Trinajstić information content (AvgIpc) is 2.53. The Hall–Kier alpha value is -2.49. The van der Waals surface area contributed by atoms with Gasteiger partial charge in [0.25, 0.3) is 0 Å². The molecule has 2 aromatic carbocycles. The van der Waals surface area contributed by atoms with Gasteiger partial charge in [0.2, 0.25) is 0 Å². The molecule has 1 unspecified atom stereocenters. The number of carbonyl (C=O) groups is 1. The Balaban J connectivity index is 1.77. The lowest BCUT2D eigenvalue weighted by atomic mass is 9.95. The Labute approximate surface area is 135 Å². The first kappa shape index (κ1) is 15.4. The summed E-state index contributed by atoms with van der Waals surface area (Å²) in [5, 5.41) is 9.81. The molecule has 1 N–H and O–H groups in total. The van der Waals surface area contributed by atoms with Crippen LogP contribution in [0.1, 0.15) is 42.3 Å². The molecule has 0 saturated heterocycles. The molecule has 1 aliphatic rings. The van der Waals surface area contributed by atoms with Gasteiger partial charge in [-0.1, -0.05) is 32.0 Å². The molecule has 0 aromatic heterocycles. The summed E-state index contributed by atoms with van der Waals surface area (Å²) < 4.78 is 11.5. The van der Waals surface area contributed by atoms with Crippen molar-refractivity contribution in [2.24, 2.45) is 5.92 Å². The third-order valence-corrected chi connectivity index (χ3v) is 3.76. The highest BCUT2D eigenvalue weighted by atomic mass is 16.5. The van der Waals surface area contributed by atoms with E-state index < -0.39 is 0 Å². The number of phenolic OH excluding ortho intramolecular Hbond substituents is 1. The lowest BCUT2D eigenvalue weighted by molar-refractivity contribution is 0.0845. The Bertz CT molecular complexity index is 704. The third-order valence-electron chi connectivity index (χ3n) is 3.76. The Morgan fingerprint density at radius 2 is 1.96 bits per heavy atom. The molecule has 0 aliphatic carbocycles. The van der Waals surface area contributed by atoms with Crippen LogP contribution in [-0.2, 0) is 0 Å². The molecule has 23 heavy (non-hydrogen) atoms. The number of carbonyl (C=O) groups excluding carboxylic acids is 1. The van der Waals surface area contributed by atoms with Crippen LogP contribution >= 0.6 is 0 Å². The summed E-state index contributed by atoms with van der Waals surface area (Å²) in [6.07, 6.45) is -0.118. The van der Waals surface area contributed by atoms with Crippen LogP contribution in [0.25, 0.3) is 0 Å². The molecule has 1 atom stereocenters. The van der Waals surface area contributed by atoms with Crippen molar-refractivity contribution >= 4 is 5.78 Å². The lowest BCUT2D eigenvalue weighted by Gasteiger charge is -2.26. The number of phenols is 1. The molecular weight excluding hydrogens is 292 g/mol. The normalized spacial score (nSPS) is 16.8. The SMILES string of the molecule is CC(C)COc1ccc(C2CC(=O)c3c(O)cccc3O2)cc1. The van der Waals surface area contributed by atoms with Gasteiger partial charge in [0, 0.05) is 0 Å². The fourth-order valence-electron chi connectivity index (χ4n) is 2.59. The van der Waals surface area contributed by atoms with E-state index in [-0.39, 0.29) is 29.6 Å². The van der Waals surface area contributed by atoms with Gasteiger partial charge in [-0.25, -0.2) is 0 Å². The van der Waals surface area contributed by atoms with Crippen LogP contribution in [-0.4, -0.2) is 17.5 Å². The number of aromatic hydroxyl groups is 1. The zero-order valence-electron chi connectivity index (χ0n) is 13.3. The summed E-state index contributed by atoms with van der Waals surface area (Å²) in [7, 11) is 0. The maximum atomic E-state index is 12.3. The molecular formula is C19H20O4. The largest absolute Gasteiger partial charge is 0.507 e. The molecule has 0 bridgehead atoms. The second-order valence-electron chi connectivity index (χ2n) is 6.16. The molecule has 0 amide bonds. The van der Waals surface area contributed by atoms with Crippen molar-refractivity contribution in [1.29, 1.82) is 0 Å². The number of hydrogen-bond acceptors (Lipinski definition) is 4. The minimum Gasteiger partial charge on any atom is -0.507 e. The van der Waals surface area contributed by atoms with Gasteiger partial charge in [-0.15, -0.1) is 0 Å². The van der Waals surface area contributed by atoms with Crippen molar-refractivity contribution in [3.8, 4) is 17.2 Å². The van der Waals surface area contributed by atoms with E-state index in [2.05, 4.69) is 13.8 Å².